The number of hydrogen-bond donors (Lipinski definition) is 2. The maximum atomic E-state index is 13.0. The van der Waals surface area contributed by atoms with Gasteiger partial charge in [-0.05, 0) is 224 Å². The van der Waals surface area contributed by atoms with Crippen LogP contribution in [0, 0.1) is 12.7 Å². The highest BCUT2D eigenvalue weighted by molar-refractivity contribution is 5.95. The average molecular weight is 1600 g/mol. The number of pyridine rings is 1. The summed E-state index contributed by atoms with van der Waals surface area (Å²) in [6, 6.07) is 107. The molecule has 0 bridgehead atoms. The first-order valence-electron chi connectivity index (χ1n) is 41.0. The Labute approximate surface area is 707 Å². The number of imidazole rings is 5. The minimum absolute atomic E-state index is 0.196. The number of ether oxygens (including phenoxy) is 2. The van der Waals surface area contributed by atoms with Crippen molar-refractivity contribution in [2.75, 3.05) is 43.8 Å². The lowest BCUT2D eigenvalue weighted by Gasteiger charge is -2.23. The van der Waals surface area contributed by atoms with Crippen LogP contribution in [0.3, 0.4) is 0 Å². The Morgan fingerprint density at radius 2 is 0.902 bits per heavy atom. The number of aryl methyl sites for hydroxylation is 3. The maximum Gasteiger partial charge on any atom is 0.160 e. The number of nitrogens with one attached hydrogen (secondary N) is 2. The fourth-order valence-corrected chi connectivity index (χ4v) is 15.6. The summed E-state index contributed by atoms with van der Waals surface area (Å²) >= 11 is 0. The van der Waals surface area contributed by atoms with Gasteiger partial charge in [0.2, 0.25) is 0 Å². The zero-order chi connectivity index (χ0) is 83.1. The third-order valence-electron chi connectivity index (χ3n) is 22.1. The molecule has 20 aromatic rings. The number of hydrogen-bond acceptors (Lipinski definition) is 13. The Balaban J connectivity index is 0.000000109. The van der Waals surface area contributed by atoms with Gasteiger partial charge >= 0.3 is 0 Å². The molecule has 0 saturated heterocycles. The highest BCUT2D eigenvalue weighted by Gasteiger charge is 2.19. The van der Waals surface area contributed by atoms with Crippen LogP contribution in [0.1, 0.15) is 55.0 Å². The zero-order valence-electron chi connectivity index (χ0n) is 68.5. The minimum atomic E-state index is -0.196. The molecule has 602 valence electrons. The van der Waals surface area contributed by atoms with Crippen LogP contribution in [0.4, 0.5) is 33.0 Å². The van der Waals surface area contributed by atoms with Crippen LogP contribution in [-0.4, -0.2) is 91.3 Å². The molecule has 1 aliphatic rings. The van der Waals surface area contributed by atoms with Gasteiger partial charge in [-0.25, -0.2) is 29.3 Å². The van der Waals surface area contributed by atoms with E-state index in [1.165, 1.54) is 83.3 Å². The molecule has 0 radical (unpaired) electrons. The second-order valence-corrected chi connectivity index (χ2v) is 30.2. The van der Waals surface area contributed by atoms with E-state index >= 15 is 0 Å². The molecule has 0 aliphatic heterocycles. The van der Waals surface area contributed by atoms with Crippen molar-refractivity contribution in [1.29, 1.82) is 0 Å². The van der Waals surface area contributed by atoms with Crippen molar-refractivity contribution in [3.63, 3.8) is 0 Å². The molecule has 0 unspecified atom stereocenters. The first-order valence-corrected chi connectivity index (χ1v) is 41.0. The Morgan fingerprint density at radius 3 is 1.54 bits per heavy atom. The number of rotatable bonds is 17. The number of fused-ring (bicyclic) bond motifs is 6. The van der Waals surface area contributed by atoms with Gasteiger partial charge in [0, 0.05) is 71.6 Å². The third-order valence-corrected chi connectivity index (χ3v) is 22.1. The number of aromatic nitrogens is 13. The molecule has 0 atom stereocenters. The summed E-state index contributed by atoms with van der Waals surface area (Å²) in [6.45, 7) is 1.97. The van der Waals surface area contributed by atoms with Crippen molar-refractivity contribution in [2.45, 2.75) is 57.9 Å². The molecule has 1 aliphatic carbocycles. The van der Waals surface area contributed by atoms with Crippen LogP contribution in [0.5, 0.6) is 11.5 Å². The third kappa shape index (κ3) is 18.2. The van der Waals surface area contributed by atoms with E-state index in [9.17, 15) is 4.39 Å². The van der Waals surface area contributed by atoms with E-state index in [4.69, 9.17) is 9.47 Å². The fourth-order valence-electron chi connectivity index (χ4n) is 15.6. The van der Waals surface area contributed by atoms with Gasteiger partial charge in [0.05, 0.1) is 105 Å². The molecule has 122 heavy (non-hydrogen) atoms. The van der Waals surface area contributed by atoms with Gasteiger partial charge in [-0.2, -0.15) is 5.10 Å². The number of methoxy groups -OCH3 is 2. The predicted octanol–water partition coefficient (Wildman–Crippen LogP) is 24.1. The largest absolute Gasteiger partial charge is 0.497 e. The highest BCUT2D eigenvalue weighted by atomic mass is 19.1. The zero-order valence-corrected chi connectivity index (χ0v) is 68.5. The molecule has 0 spiro atoms. The summed E-state index contributed by atoms with van der Waals surface area (Å²) in [4.78, 5) is 29.1. The number of halogens is 1. The molecule has 13 aromatic carbocycles. The van der Waals surface area contributed by atoms with E-state index in [0.717, 1.165) is 142 Å². The Kier molecular flexibility index (Phi) is 24.0. The average Bonchev–Trinajstić information content (AvgIpc) is 1.61. The van der Waals surface area contributed by atoms with Gasteiger partial charge in [-0.3, -0.25) is 23.3 Å². The first kappa shape index (κ1) is 79.1. The number of nitrogens with zero attached hydrogens (tertiary/aromatic N) is 14. The monoisotopic (exact) mass is 1600 g/mol. The van der Waals surface area contributed by atoms with E-state index in [2.05, 4.69) is 240 Å². The molecular weight excluding hydrogens is 1510 g/mol. The van der Waals surface area contributed by atoms with Crippen LogP contribution in [0.15, 0.2) is 359 Å². The summed E-state index contributed by atoms with van der Waals surface area (Å²) in [5.41, 5.74) is 26.9. The minimum Gasteiger partial charge on any atom is -0.497 e. The smallest absolute Gasteiger partial charge is 0.160 e. The molecular formula is C103H91FN16O2. The summed E-state index contributed by atoms with van der Waals surface area (Å²) in [6.07, 6.45) is 21.5. The molecule has 1 fully saturated rings. The van der Waals surface area contributed by atoms with E-state index < -0.39 is 0 Å². The summed E-state index contributed by atoms with van der Waals surface area (Å²) in [5, 5.41) is 17.5. The lowest BCUT2D eigenvalue weighted by Crippen LogP contribution is -2.11. The van der Waals surface area contributed by atoms with Crippen molar-refractivity contribution in [2.24, 2.45) is 0 Å². The topological polar surface area (TPSA) is 174 Å². The van der Waals surface area contributed by atoms with Crippen LogP contribution in [0.2, 0.25) is 0 Å². The van der Waals surface area contributed by atoms with Gasteiger partial charge in [-0.1, -0.05) is 171 Å². The van der Waals surface area contributed by atoms with Crippen molar-refractivity contribution in [3.8, 4) is 56.5 Å². The maximum absolute atomic E-state index is 13.0. The fraction of sp³-hybridized carbons (Fsp3) is 0.126. The number of benzene rings is 13. The summed E-state index contributed by atoms with van der Waals surface area (Å²) in [7, 11) is 7.44. The number of para-hydroxylation sites is 4. The van der Waals surface area contributed by atoms with E-state index in [1.807, 2.05) is 195 Å². The van der Waals surface area contributed by atoms with Gasteiger partial charge in [-0.15, -0.1) is 5.10 Å². The van der Waals surface area contributed by atoms with Crippen molar-refractivity contribution in [1.82, 2.24) is 62.9 Å². The lowest BCUT2D eigenvalue weighted by molar-refractivity contribution is 0.359. The SMILES string of the molecule is CN(C)c1ccc(-c2ccc3c(c2)ncn3-c2ccccc2)cc1.COc1cccc(-n2cnc3cc(CCc4ccc(F)cc4)ccc32)c1.COc1ccccc1-n1cnc2cc(Nc3nnc(C)c4ccccc34)ccc21.c1ccc(-c2ccc3c(c2)ncn3C2CCCCC2)cc1.c1ccc(-n2cnc3cc(Nc4cccnc4)ccc32)cc1. The molecule has 7 heterocycles. The first-order chi connectivity index (χ1) is 60.0. The molecule has 2 N–H and O–H groups in total. The van der Waals surface area contributed by atoms with Crippen molar-refractivity contribution >= 4 is 94.5 Å². The van der Waals surface area contributed by atoms with Crippen LogP contribution >= 0.6 is 0 Å². The van der Waals surface area contributed by atoms with Crippen molar-refractivity contribution < 1.29 is 13.9 Å². The van der Waals surface area contributed by atoms with E-state index in [0.29, 0.717) is 6.04 Å². The van der Waals surface area contributed by atoms with Crippen LogP contribution in [0.25, 0.3) is 111 Å². The normalized spacial score (nSPS) is 11.9. The van der Waals surface area contributed by atoms with Gasteiger partial charge < -0.3 is 29.6 Å². The Hall–Kier alpha value is -15.4. The predicted molar refractivity (Wildman–Crippen MR) is 493 cm³/mol. The second-order valence-electron chi connectivity index (χ2n) is 30.2. The van der Waals surface area contributed by atoms with Gasteiger partial charge in [0.15, 0.2) is 5.82 Å². The van der Waals surface area contributed by atoms with Crippen molar-refractivity contribution in [3.05, 3.63) is 382 Å². The van der Waals surface area contributed by atoms with Gasteiger partial charge in [0.25, 0.3) is 0 Å². The molecule has 21 rings (SSSR count). The molecule has 7 aromatic heterocycles. The Bertz CT molecular complexity index is 6900. The number of anilines is 5. The second kappa shape index (κ2) is 37.1. The lowest BCUT2D eigenvalue weighted by atomic mass is 9.95. The summed E-state index contributed by atoms with van der Waals surface area (Å²) in [5.74, 6) is 2.16. The van der Waals surface area contributed by atoms with Crippen LogP contribution in [-0.2, 0) is 12.8 Å². The van der Waals surface area contributed by atoms with Gasteiger partial charge in [0.1, 0.15) is 42.6 Å². The molecule has 1 saturated carbocycles. The quantitative estimate of drug-likeness (QED) is 0.0882. The molecule has 19 heteroatoms. The Morgan fingerprint density at radius 1 is 0.393 bits per heavy atom. The standard InChI is InChI=1S/C23H19N5O.C22H19FN2O.C21H19N3.C19H20N2.C18H14N4/c1-15-17-7-3-4-8-18(17)23(27-26-15)25-16-11-12-20-19(13-16)24-14-28(20)21-9-5-6-10-22(21)29-2;1-26-20-4-2-3-19(14-20)25-15-24-21-13-17(9-12-22(21)25)6-5-16-7-10-18(23)11-8-16;1-23(2)18-11-8-16(9-12-18)17-10-13-21-20(14-17)22-15-24(21)19-6-4-3-5-7-19;1-3-7-15(8-4-1)16-11-12-19-18(13-16)20-14-21(19)17-9-5-2-6-10-17;1-2-6-16(7-3-1)22-13-20-17-11-14(8-9-18(17)22)21-15-5-4-10-19-12-15/h3-14H,1-2H3,(H,25,27);2-4,7-15H,5-6H2,1H3;3-15H,1-2H3;1,3-4,7-8,11-14,17H,2,5-6,9-10H2;1-13,21H. The van der Waals surface area contributed by atoms with Crippen LogP contribution < -0.4 is 25.0 Å². The summed E-state index contributed by atoms with van der Waals surface area (Å²) < 4.78 is 34.5. The van der Waals surface area contributed by atoms with E-state index in [1.54, 1.807) is 26.6 Å². The molecule has 0 amide bonds. The molecule has 18 nitrogen and oxygen atoms in total. The highest BCUT2D eigenvalue weighted by Crippen LogP contribution is 2.36. The van der Waals surface area contributed by atoms with E-state index in [-0.39, 0.29) is 5.82 Å².